The Labute approximate surface area is 93.9 Å². The van der Waals surface area contributed by atoms with Crippen LogP contribution in [0.2, 0.25) is 0 Å². The maximum absolute atomic E-state index is 4.00. The Morgan fingerprint density at radius 1 is 1.14 bits per heavy atom. The summed E-state index contributed by atoms with van der Waals surface area (Å²) in [5.41, 5.74) is 2.03. The van der Waals surface area contributed by atoms with Gasteiger partial charge in [-0.3, -0.25) is 4.40 Å². The molecule has 0 radical (unpaired) electrons. The molecule has 3 nitrogen and oxygen atoms in total. The lowest BCUT2D eigenvalue weighted by Gasteiger charge is -2.00. The molecule has 2 aromatic heterocycles. The van der Waals surface area contributed by atoms with Gasteiger partial charge in [-0.2, -0.15) is 0 Å². The molecule has 0 N–H and O–H groups in total. The number of hydrogen-bond acceptors (Lipinski definition) is 2. The van der Waals surface area contributed by atoms with E-state index in [-0.39, 0.29) is 0 Å². The first-order valence-electron chi connectivity index (χ1n) is 4.22. The van der Waals surface area contributed by atoms with Crippen LogP contribution in [0.25, 0.3) is 16.6 Å². The number of pyridine rings is 1. The van der Waals surface area contributed by atoms with Crippen molar-refractivity contribution in [3.05, 3.63) is 40.2 Å². The molecule has 4 heteroatoms. The van der Waals surface area contributed by atoms with Gasteiger partial charge in [0.15, 0.2) is 5.65 Å². The largest absolute Gasteiger partial charge is 0.282 e. The smallest absolute Gasteiger partial charge is 0.161 e. The molecule has 0 aliphatic rings. The third-order valence-electron chi connectivity index (χ3n) is 2.24. The first-order chi connectivity index (χ1) is 6.84. The predicted octanol–water partition coefficient (Wildman–Crippen LogP) is 2.49. The summed E-state index contributed by atoms with van der Waals surface area (Å²) in [7, 11) is 0. The summed E-state index contributed by atoms with van der Waals surface area (Å²) in [6.07, 6.45) is 1.74. The van der Waals surface area contributed by atoms with Crippen molar-refractivity contribution in [2.24, 2.45) is 0 Å². The van der Waals surface area contributed by atoms with Crippen molar-refractivity contribution in [2.75, 3.05) is 0 Å². The molecule has 0 atom stereocenters. The van der Waals surface area contributed by atoms with Crippen LogP contribution in [0.4, 0.5) is 0 Å². The highest BCUT2D eigenvalue weighted by Gasteiger charge is 2.00. The summed E-state index contributed by atoms with van der Waals surface area (Å²) in [5, 5.41) is 9.10. The summed E-state index contributed by atoms with van der Waals surface area (Å²) in [6, 6.07) is 10.4. The third-order valence-corrected chi connectivity index (χ3v) is 2.91. The van der Waals surface area contributed by atoms with Crippen LogP contribution in [0.15, 0.2) is 36.7 Å². The zero-order valence-corrected chi connectivity index (χ0v) is 9.34. The van der Waals surface area contributed by atoms with Crippen molar-refractivity contribution >= 4 is 39.1 Å². The highest BCUT2D eigenvalue weighted by molar-refractivity contribution is 14.1. The molecule has 1 aromatic carbocycles. The molecule has 68 valence electrons. The Bertz CT molecular complexity index is 615. The van der Waals surface area contributed by atoms with Crippen LogP contribution in [-0.2, 0) is 0 Å². The monoisotopic (exact) mass is 295 g/mol. The van der Waals surface area contributed by atoms with Crippen molar-refractivity contribution in [1.29, 1.82) is 0 Å². The van der Waals surface area contributed by atoms with E-state index in [9.17, 15) is 0 Å². The van der Waals surface area contributed by atoms with Gasteiger partial charge in [0.25, 0.3) is 0 Å². The van der Waals surface area contributed by atoms with E-state index in [1.54, 1.807) is 6.33 Å². The molecule has 3 aromatic rings. The Hall–Kier alpha value is -1.17. The van der Waals surface area contributed by atoms with Crippen LogP contribution in [0.1, 0.15) is 0 Å². The lowest BCUT2D eigenvalue weighted by molar-refractivity contribution is 1.11. The molecule has 2 heterocycles. The van der Waals surface area contributed by atoms with E-state index < -0.39 is 0 Å². The summed E-state index contributed by atoms with van der Waals surface area (Å²) >= 11 is 2.31. The average Bonchev–Trinajstić information content (AvgIpc) is 2.65. The van der Waals surface area contributed by atoms with E-state index in [0.29, 0.717) is 0 Å². The molecule has 3 rings (SSSR count). The van der Waals surface area contributed by atoms with Gasteiger partial charge in [-0.05, 0) is 58.3 Å². The van der Waals surface area contributed by atoms with Crippen molar-refractivity contribution in [1.82, 2.24) is 14.6 Å². The van der Waals surface area contributed by atoms with Gasteiger partial charge in [0.2, 0.25) is 0 Å². The van der Waals surface area contributed by atoms with Crippen molar-refractivity contribution in [3.8, 4) is 0 Å². The predicted molar refractivity (Wildman–Crippen MR) is 63.2 cm³/mol. The van der Waals surface area contributed by atoms with Crippen molar-refractivity contribution in [3.63, 3.8) is 0 Å². The molecule has 0 unspecified atom stereocenters. The number of hydrogen-bond donors (Lipinski definition) is 0. The van der Waals surface area contributed by atoms with E-state index in [2.05, 4.69) is 57.1 Å². The minimum atomic E-state index is 0.888. The van der Waals surface area contributed by atoms with Gasteiger partial charge in [0.1, 0.15) is 6.33 Å². The third kappa shape index (κ3) is 1.10. The van der Waals surface area contributed by atoms with Gasteiger partial charge < -0.3 is 0 Å². The van der Waals surface area contributed by atoms with E-state index in [4.69, 9.17) is 0 Å². The fraction of sp³-hybridized carbons (Fsp3) is 0. The molecule has 0 saturated heterocycles. The van der Waals surface area contributed by atoms with Crippen LogP contribution >= 0.6 is 22.6 Å². The standard InChI is InChI=1S/C10H6IN3/c11-8-2-3-9-7(5-8)1-4-10-13-12-6-14(9)10/h1-6H. The molecular formula is C10H6IN3. The summed E-state index contributed by atoms with van der Waals surface area (Å²) in [4.78, 5) is 0. The first kappa shape index (κ1) is 8.16. The minimum absolute atomic E-state index is 0.888. The van der Waals surface area contributed by atoms with Gasteiger partial charge in [0, 0.05) is 3.57 Å². The fourth-order valence-electron chi connectivity index (χ4n) is 1.59. The molecule has 0 aliphatic carbocycles. The highest BCUT2D eigenvalue weighted by Crippen LogP contribution is 2.18. The van der Waals surface area contributed by atoms with Crippen molar-refractivity contribution < 1.29 is 0 Å². The fourth-order valence-corrected chi connectivity index (χ4v) is 2.10. The molecule has 0 bridgehead atoms. The second-order valence-electron chi connectivity index (χ2n) is 3.10. The van der Waals surface area contributed by atoms with Crippen LogP contribution in [0.3, 0.4) is 0 Å². The van der Waals surface area contributed by atoms with Crippen LogP contribution < -0.4 is 0 Å². The van der Waals surface area contributed by atoms with Gasteiger partial charge in [0.05, 0.1) is 5.52 Å². The zero-order valence-electron chi connectivity index (χ0n) is 7.18. The molecule has 14 heavy (non-hydrogen) atoms. The summed E-state index contributed by atoms with van der Waals surface area (Å²) in [6.45, 7) is 0. The number of aromatic nitrogens is 3. The summed E-state index contributed by atoms with van der Waals surface area (Å²) < 4.78 is 3.23. The minimum Gasteiger partial charge on any atom is -0.282 e. The van der Waals surface area contributed by atoms with Crippen LogP contribution in [0, 0.1) is 3.57 Å². The second kappa shape index (κ2) is 2.91. The van der Waals surface area contributed by atoms with Gasteiger partial charge >= 0.3 is 0 Å². The van der Waals surface area contributed by atoms with E-state index in [1.807, 2.05) is 10.5 Å². The maximum atomic E-state index is 4.00. The quantitative estimate of drug-likeness (QED) is 0.596. The molecule has 0 amide bonds. The number of fused-ring (bicyclic) bond motifs is 3. The molecular weight excluding hydrogens is 289 g/mol. The maximum Gasteiger partial charge on any atom is 0.161 e. The molecule has 0 aliphatic heterocycles. The average molecular weight is 295 g/mol. The van der Waals surface area contributed by atoms with Crippen LogP contribution in [0.5, 0.6) is 0 Å². The Morgan fingerprint density at radius 2 is 2.07 bits per heavy atom. The van der Waals surface area contributed by atoms with Gasteiger partial charge in [-0.25, -0.2) is 0 Å². The Morgan fingerprint density at radius 3 is 3.00 bits per heavy atom. The zero-order chi connectivity index (χ0) is 9.54. The number of halogens is 1. The second-order valence-corrected chi connectivity index (χ2v) is 4.34. The van der Waals surface area contributed by atoms with Crippen LogP contribution in [-0.4, -0.2) is 14.6 Å². The normalized spacial score (nSPS) is 11.2. The Balaban J connectivity index is 2.57. The number of benzene rings is 1. The highest BCUT2D eigenvalue weighted by atomic mass is 127. The number of nitrogens with zero attached hydrogens (tertiary/aromatic N) is 3. The first-order valence-corrected chi connectivity index (χ1v) is 5.30. The lowest BCUT2D eigenvalue weighted by Crippen LogP contribution is -1.86. The SMILES string of the molecule is Ic1ccc2c(ccc3nncn32)c1. The van der Waals surface area contributed by atoms with E-state index in [1.165, 1.54) is 8.96 Å². The Kier molecular flexibility index (Phi) is 1.70. The van der Waals surface area contributed by atoms with E-state index >= 15 is 0 Å². The molecule has 0 spiro atoms. The molecule has 0 saturated carbocycles. The topological polar surface area (TPSA) is 30.2 Å². The lowest BCUT2D eigenvalue weighted by atomic mass is 10.2. The molecule has 0 fully saturated rings. The number of rotatable bonds is 0. The summed E-state index contributed by atoms with van der Waals surface area (Å²) in [5.74, 6) is 0. The van der Waals surface area contributed by atoms with E-state index in [0.717, 1.165) is 11.2 Å². The van der Waals surface area contributed by atoms with Gasteiger partial charge in [-0.1, -0.05) is 0 Å². The van der Waals surface area contributed by atoms with Gasteiger partial charge in [-0.15, -0.1) is 10.2 Å². The van der Waals surface area contributed by atoms with Crippen molar-refractivity contribution in [2.45, 2.75) is 0 Å².